The molecule has 3 nitrogen and oxygen atoms in total. The van der Waals surface area contributed by atoms with Gasteiger partial charge in [0.25, 0.3) is 0 Å². The maximum Gasteiger partial charge on any atom is 1.00 e. The predicted octanol–water partition coefficient (Wildman–Crippen LogP) is 1.43. The number of carbonyl (C=O) groups excluding carboxylic acids is 1. The molecule has 1 aromatic carbocycles. The molecule has 0 spiro atoms. The van der Waals surface area contributed by atoms with E-state index >= 15 is 0 Å². The number of hydrogen-bond donors (Lipinski definition) is 0. The zero-order valence-corrected chi connectivity index (χ0v) is 17.5. The Labute approximate surface area is 172 Å². The molecule has 4 rings (SSSR count). The fourth-order valence-electron chi connectivity index (χ4n) is 2.38. The van der Waals surface area contributed by atoms with Crippen LogP contribution in [-0.2, 0) is 0 Å². The van der Waals surface area contributed by atoms with Crippen molar-refractivity contribution in [2.45, 2.75) is 6.92 Å². The Balaban J connectivity index is 0.00000169. The maximum atomic E-state index is 11.1. The first-order valence-corrected chi connectivity index (χ1v) is 9.35. The van der Waals surface area contributed by atoms with Crippen molar-refractivity contribution in [3.63, 3.8) is 0 Å². The van der Waals surface area contributed by atoms with Gasteiger partial charge in [0.1, 0.15) is 5.01 Å². The number of carboxylic acid groups (broad SMARTS) is 1. The molecule has 0 saturated heterocycles. The summed E-state index contributed by atoms with van der Waals surface area (Å²) in [5.41, 5.74) is 0.516. The quantitative estimate of drug-likeness (QED) is 0.506. The average molecular weight is 379 g/mol. The van der Waals surface area contributed by atoms with Gasteiger partial charge in [-0.15, -0.1) is 34.0 Å². The number of hydrogen-bond acceptors (Lipinski definition) is 6. The Kier molecular flexibility index (Phi) is 5.24. The van der Waals surface area contributed by atoms with Gasteiger partial charge in [-0.3, -0.25) is 0 Å². The molecule has 0 aliphatic heterocycles. The van der Waals surface area contributed by atoms with Gasteiger partial charge in [-0.1, -0.05) is 18.2 Å². The molecule has 0 aliphatic rings. The van der Waals surface area contributed by atoms with Gasteiger partial charge in [-0.05, 0) is 36.6 Å². The van der Waals surface area contributed by atoms with Crippen LogP contribution in [0.25, 0.3) is 29.7 Å². The number of thiazole rings is 1. The minimum absolute atomic E-state index is 0. The molecule has 114 valence electrons. The van der Waals surface area contributed by atoms with Crippen molar-refractivity contribution in [3.8, 4) is 19.6 Å². The van der Waals surface area contributed by atoms with Crippen LogP contribution in [0.3, 0.4) is 0 Å². The van der Waals surface area contributed by atoms with E-state index < -0.39 is 5.97 Å². The van der Waals surface area contributed by atoms with Gasteiger partial charge in [0.15, 0.2) is 0 Å². The fraction of sp³-hybridized carbons (Fsp3) is 0.0588. The molecule has 0 aliphatic carbocycles. The molecule has 4 aromatic rings. The van der Waals surface area contributed by atoms with E-state index in [0.717, 1.165) is 9.88 Å². The molecule has 0 bridgehead atoms. The van der Waals surface area contributed by atoms with Crippen LogP contribution in [0.2, 0.25) is 0 Å². The van der Waals surface area contributed by atoms with Crippen LogP contribution in [0.15, 0.2) is 42.5 Å². The molecule has 0 saturated carbocycles. The number of fused-ring (bicyclic) bond motifs is 1. The van der Waals surface area contributed by atoms with Crippen LogP contribution in [0.5, 0.6) is 0 Å². The Bertz CT molecular complexity index is 999. The summed E-state index contributed by atoms with van der Waals surface area (Å²) in [7, 11) is 0. The number of thiophene rings is 2. The molecule has 3 aromatic heterocycles. The minimum atomic E-state index is -1.16. The van der Waals surface area contributed by atoms with Gasteiger partial charge >= 0.3 is 29.6 Å². The number of nitrogens with zero attached hydrogens (tertiary/aromatic N) is 1. The van der Waals surface area contributed by atoms with E-state index in [2.05, 4.69) is 29.2 Å². The van der Waals surface area contributed by atoms with Gasteiger partial charge < -0.3 is 9.90 Å². The van der Waals surface area contributed by atoms with Crippen LogP contribution < -0.4 is 34.7 Å². The summed E-state index contributed by atoms with van der Waals surface area (Å²) in [5, 5.41) is 13.0. The average Bonchev–Trinajstić information content (AvgIpc) is 3.23. The van der Waals surface area contributed by atoms with Gasteiger partial charge in [-0.2, -0.15) is 0 Å². The molecular formula is C17H10NNaO2S3. The molecule has 24 heavy (non-hydrogen) atoms. The number of carboxylic acids is 1. The Morgan fingerprint density at radius 3 is 2.46 bits per heavy atom. The number of aromatic carboxylic acids is 1. The zero-order chi connectivity index (χ0) is 16.0. The first-order valence-electron chi connectivity index (χ1n) is 6.90. The third kappa shape index (κ3) is 3.22. The van der Waals surface area contributed by atoms with Crippen LogP contribution in [0.1, 0.15) is 15.4 Å². The van der Waals surface area contributed by atoms with Crippen molar-refractivity contribution < 1.29 is 39.5 Å². The topological polar surface area (TPSA) is 53.0 Å². The van der Waals surface area contributed by atoms with Crippen molar-refractivity contribution >= 4 is 50.1 Å². The number of aromatic nitrogens is 1. The van der Waals surface area contributed by atoms with Crippen LogP contribution in [0.4, 0.5) is 0 Å². The molecule has 3 heterocycles. The minimum Gasteiger partial charge on any atom is -0.544 e. The number of aryl methyl sites for hydroxylation is 1. The number of rotatable bonds is 3. The molecule has 0 radical (unpaired) electrons. The summed E-state index contributed by atoms with van der Waals surface area (Å²) in [6.45, 7) is 1.70. The van der Waals surface area contributed by atoms with Crippen molar-refractivity contribution in [1.82, 2.24) is 4.98 Å². The normalized spacial score (nSPS) is 10.7. The van der Waals surface area contributed by atoms with Gasteiger partial charge in [0.05, 0.1) is 21.4 Å². The van der Waals surface area contributed by atoms with Crippen LogP contribution in [0, 0.1) is 6.92 Å². The van der Waals surface area contributed by atoms with Crippen molar-refractivity contribution in [1.29, 1.82) is 0 Å². The molecule has 7 heteroatoms. The number of benzene rings is 1. The van der Waals surface area contributed by atoms with Crippen LogP contribution >= 0.6 is 34.0 Å². The Morgan fingerprint density at radius 1 is 1.00 bits per heavy atom. The second-order valence-corrected chi connectivity index (χ2v) is 8.20. The van der Waals surface area contributed by atoms with E-state index in [1.165, 1.54) is 31.2 Å². The summed E-state index contributed by atoms with van der Waals surface area (Å²) in [6, 6.07) is 14.6. The second kappa shape index (κ2) is 7.07. The predicted molar refractivity (Wildman–Crippen MR) is 95.3 cm³/mol. The first-order chi connectivity index (χ1) is 11.1. The van der Waals surface area contributed by atoms with Gasteiger partial charge in [-0.25, -0.2) is 4.98 Å². The summed E-state index contributed by atoms with van der Waals surface area (Å²) in [4.78, 5) is 19.0. The van der Waals surface area contributed by atoms with Crippen LogP contribution in [-0.4, -0.2) is 11.0 Å². The molecule has 0 atom stereocenters. The molecule has 0 N–H and O–H groups in total. The molecule has 0 amide bonds. The second-order valence-electron chi connectivity index (χ2n) is 5.03. The van der Waals surface area contributed by atoms with Crippen molar-refractivity contribution in [3.05, 3.63) is 53.0 Å². The third-order valence-corrected chi connectivity index (χ3v) is 7.17. The zero-order valence-electron chi connectivity index (χ0n) is 13.0. The molecule has 0 unspecified atom stereocenters. The fourth-order valence-corrected chi connectivity index (χ4v) is 5.49. The smallest absolute Gasteiger partial charge is 0.544 e. The van der Waals surface area contributed by atoms with E-state index in [0.29, 0.717) is 5.69 Å². The summed E-state index contributed by atoms with van der Waals surface area (Å²) >= 11 is 4.57. The summed E-state index contributed by atoms with van der Waals surface area (Å²) in [6.07, 6.45) is 0. The summed E-state index contributed by atoms with van der Waals surface area (Å²) < 4.78 is 1.27. The van der Waals surface area contributed by atoms with E-state index in [1.807, 2.05) is 18.2 Å². The number of carbonyl (C=O) groups is 1. The van der Waals surface area contributed by atoms with E-state index in [-0.39, 0.29) is 34.4 Å². The van der Waals surface area contributed by atoms with Crippen molar-refractivity contribution in [2.75, 3.05) is 0 Å². The summed E-state index contributed by atoms with van der Waals surface area (Å²) in [5.74, 6) is -1.16. The third-order valence-electron chi connectivity index (χ3n) is 3.47. The first kappa shape index (κ1) is 17.8. The van der Waals surface area contributed by atoms with E-state index in [4.69, 9.17) is 0 Å². The standard InChI is InChI=1S/C17H11NO2S3.Na/c1-9-15(17(19)20)23-16(18-9)13-7-6-12(22-13)14-8-10-4-2-3-5-11(10)21-14;/h2-8H,1H3,(H,19,20);/q;+1/p-1. The monoisotopic (exact) mass is 379 g/mol. The molecular weight excluding hydrogens is 369 g/mol. The van der Waals surface area contributed by atoms with E-state index in [9.17, 15) is 9.90 Å². The Morgan fingerprint density at radius 2 is 1.75 bits per heavy atom. The molecule has 0 fully saturated rings. The van der Waals surface area contributed by atoms with E-state index in [1.54, 1.807) is 29.6 Å². The van der Waals surface area contributed by atoms with Gasteiger partial charge in [0, 0.05) is 14.5 Å². The van der Waals surface area contributed by atoms with Crippen molar-refractivity contribution in [2.24, 2.45) is 0 Å². The SMILES string of the molecule is Cc1nc(-c2ccc(-c3cc4ccccc4s3)s2)sc1C(=O)[O-].[Na+]. The van der Waals surface area contributed by atoms with Gasteiger partial charge in [0.2, 0.25) is 0 Å². The maximum absolute atomic E-state index is 11.1. The largest absolute Gasteiger partial charge is 1.00 e. The Hall–Kier alpha value is -1.02.